The zero-order valence-corrected chi connectivity index (χ0v) is 15.2. The maximum absolute atomic E-state index is 12.2. The van der Waals surface area contributed by atoms with E-state index in [1.54, 1.807) is 0 Å². The molecule has 0 radical (unpaired) electrons. The van der Waals surface area contributed by atoms with Crippen molar-refractivity contribution in [1.82, 2.24) is 4.90 Å². The number of carbonyl (C=O) groups excluding carboxylic acids is 3. The van der Waals surface area contributed by atoms with E-state index in [0.717, 1.165) is 37.0 Å². The van der Waals surface area contributed by atoms with E-state index in [1.807, 2.05) is 0 Å². The smallest absolute Gasteiger partial charge is 0.326 e. The van der Waals surface area contributed by atoms with Gasteiger partial charge in [-0.1, -0.05) is 0 Å². The largest absolute Gasteiger partial charge is 0.464 e. The summed E-state index contributed by atoms with van der Waals surface area (Å²) in [6.07, 6.45) is 6.40. The van der Waals surface area contributed by atoms with Crippen molar-refractivity contribution in [1.29, 1.82) is 0 Å². The highest BCUT2D eigenvalue weighted by Crippen LogP contribution is 2.60. The molecule has 5 aliphatic rings. The fraction of sp³-hybridized carbons (Fsp3) is 0.824. The molecule has 1 aliphatic heterocycles. The standard InChI is InChI=1S/C17H23NO7S/c19-14-4-13(26(22,23)24)16(21)18(14)8-15(20)25-9-17-5-10-1-11(6-17)3-12(2-10)7-17/h10-13H,1-9H2,(H,22,23,24). The zero-order chi connectivity index (χ0) is 18.7. The van der Waals surface area contributed by atoms with Crippen molar-refractivity contribution >= 4 is 27.9 Å². The van der Waals surface area contributed by atoms with Crippen LogP contribution in [0, 0.1) is 23.2 Å². The molecule has 4 aliphatic carbocycles. The Morgan fingerprint density at radius 1 is 1.12 bits per heavy atom. The van der Waals surface area contributed by atoms with Crippen LogP contribution in [0.2, 0.25) is 0 Å². The summed E-state index contributed by atoms with van der Waals surface area (Å²) in [6, 6.07) is 0. The van der Waals surface area contributed by atoms with E-state index in [0.29, 0.717) is 11.5 Å². The third-order valence-corrected chi connectivity index (χ3v) is 7.64. The maximum atomic E-state index is 12.2. The van der Waals surface area contributed by atoms with Crippen LogP contribution in [-0.4, -0.2) is 54.1 Å². The Balaban J connectivity index is 1.35. The number of imide groups is 1. The average Bonchev–Trinajstić information content (AvgIpc) is 2.80. The van der Waals surface area contributed by atoms with Crippen LogP contribution in [0.1, 0.15) is 44.9 Å². The molecule has 5 fully saturated rings. The molecule has 0 aromatic carbocycles. The van der Waals surface area contributed by atoms with Gasteiger partial charge in [-0.2, -0.15) is 8.42 Å². The zero-order valence-electron chi connectivity index (χ0n) is 14.4. The molecule has 1 heterocycles. The molecular formula is C17H23NO7S. The lowest BCUT2D eigenvalue weighted by Crippen LogP contribution is -2.49. The lowest BCUT2D eigenvalue weighted by molar-refractivity contribution is -0.160. The summed E-state index contributed by atoms with van der Waals surface area (Å²) in [5.74, 6) is -0.404. The second-order valence-electron chi connectivity index (χ2n) is 8.60. The molecule has 1 atom stereocenters. The van der Waals surface area contributed by atoms with Gasteiger partial charge in [0.1, 0.15) is 6.54 Å². The molecule has 0 spiro atoms. The molecule has 8 nitrogen and oxygen atoms in total. The molecule has 1 saturated heterocycles. The first kappa shape index (κ1) is 17.9. The number of esters is 1. The number of likely N-dealkylation sites (tertiary alicyclic amines) is 1. The van der Waals surface area contributed by atoms with Crippen molar-refractivity contribution in [3.63, 3.8) is 0 Å². The number of nitrogens with zero attached hydrogens (tertiary/aromatic N) is 1. The van der Waals surface area contributed by atoms with Crippen LogP contribution >= 0.6 is 0 Å². The first-order chi connectivity index (χ1) is 12.2. The fourth-order valence-electron chi connectivity index (χ4n) is 5.93. The van der Waals surface area contributed by atoms with Crippen LogP contribution in [0.5, 0.6) is 0 Å². The molecule has 0 aromatic rings. The Hall–Kier alpha value is -1.48. The SMILES string of the molecule is O=C(CN1C(=O)CC(S(=O)(=O)O)C1=O)OCC12CC3CC(CC(C3)C1)C2. The number of amides is 2. The number of rotatable bonds is 5. The highest BCUT2D eigenvalue weighted by Gasteiger charge is 2.52. The molecule has 5 rings (SSSR count). The first-order valence-electron chi connectivity index (χ1n) is 9.11. The minimum atomic E-state index is -4.66. The molecule has 2 amide bonds. The quantitative estimate of drug-likeness (QED) is 0.422. The Kier molecular flexibility index (Phi) is 4.15. The molecular weight excluding hydrogens is 362 g/mol. The van der Waals surface area contributed by atoms with Gasteiger partial charge in [0.05, 0.1) is 13.0 Å². The third-order valence-electron chi connectivity index (χ3n) is 6.55. The second kappa shape index (κ2) is 6.02. The predicted octanol–water partition coefficient (Wildman–Crippen LogP) is 0.761. The summed E-state index contributed by atoms with van der Waals surface area (Å²) >= 11 is 0. The van der Waals surface area contributed by atoms with E-state index < -0.39 is 46.1 Å². The molecule has 144 valence electrons. The van der Waals surface area contributed by atoms with Gasteiger partial charge in [-0.05, 0) is 56.3 Å². The second-order valence-corrected chi connectivity index (χ2v) is 10.2. The van der Waals surface area contributed by atoms with Gasteiger partial charge in [-0.25, -0.2) is 0 Å². The van der Waals surface area contributed by atoms with Crippen LogP contribution in [0.4, 0.5) is 0 Å². The van der Waals surface area contributed by atoms with Gasteiger partial charge in [0.25, 0.3) is 16.0 Å². The van der Waals surface area contributed by atoms with Gasteiger partial charge in [0.2, 0.25) is 5.91 Å². The van der Waals surface area contributed by atoms with Crippen molar-refractivity contribution in [3.8, 4) is 0 Å². The van der Waals surface area contributed by atoms with E-state index in [9.17, 15) is 22.8 Å². The topological polar surface area (TPSA) is 118 Å². The van der Waals surface area contributed by atoms with E-state index in [2.05, 4.69) is 0 Å². The molecule has 26 heavy (non-hydrogen) atoms. The summed E-state index contributed by atoms with van der Waals surface area (Å²) in [5, 5.41) is -1.81. The highest BCUT2D eigenvalue weighted by molar-refractivity contribution is 7.87. The summed E-state index contributed by atoms with van der Waals surface area (Å²) in [6.45, 7) is -0.302. The van der Waals surface area contributed by atoms with Crippen molar-refractivity contribution in [2.45, 2.75) is 50.2 Å². The Labute approximate surface area is 152 Å². The molecule has 1 unspecified atom stereocenters. The van der Waals surface area contributed by atoms with Crippen LogP contribution < -0.4 is 0 Å². The van der Waals surface area contributed by atoms with Crippen LogP contribution in [0.15, 0.2) is 0 Å². The van der Waals surface area contributed by atoms with Crippen LogP contribution in [0.25, 0.3) is 0 Å². The third kappa shape index (κ3) is 3.15. The van der Waals surface area contributed by atoms with Crippen molar-refractivity contribution in [2.24, 2.45) is 23.2 Å². The lowest BCUT2D eigenvalue weighted by Gasteiger charge is -2.56. The van der Waals surface area contributed by atoms with E-state index in [4.69, 9.17) is 9.29 Å². The Morgan fingerprint density at radius 3 is 2.12 bits per heavy atom. The van der Waals surface area contributed by atoms with Crippen LogP contribution in [0.3, 0.4) is 0 Å². The molecule has 0 aromatic heterocycles. The normalized spacial score (nSPS) is 38.9. The summed E-state index contributed by atoms with van der Waals surface area (Å²) in [4.78, 5) is 36.5. The Morgan fingerprint density at radius 2 is 1.65 bits per heavy atom. The van der Waals surface area contributed by atoms with Gasteiger partial charge >= 0.3 is 5.97 Å². The fourth-order valence-corrected chi connectivity index (χ4v) is 6.66. The van der Waals surface area contributed by atoms with Gasteiger partial charge in [0, 0.05) is 5.41 Å². The maximum Gasteiger partial charge on any atom is 0.326 e. The summed E-state index contributed by atoms with van der Waals surface area (Å²) in [7, 11) is -4.66. The minimum Gasteiger partial charge on any atom is -0.464 e. The summed E-state index contributed by atoms with van der Waals surface area (Å²) < 4.78 is 36.7. The first-order valence-corrected chi connectivity index (χ1v) is 10.6. The van der Waals surface area contributed by atoms with E-state index in [-0.39, 0.29) is 5.41 Å². The minimum absolute atomic E-state index is 0.0282. The molecule has 9 heteroatoms. The van der Waals surface area contributed by atoms with Crippen molar-refractivity contribution in [3.05, 3.63) is 0 Å². The average molecular weight is 385 g/mol. The Bertz CT molecular complexity index is 724. The predicted molar refractivity (Wildman–Crippen MR) is 88.2 cm³/mol. The van der Waals surface area contributed by atoms with Gasteiger partial charge in [-0.15, -0.1) is 0 Å². The number of carbonyl (C=O) groups is 3. The monoisotopic (exact) mass is 385 g/mol. The van der Waals surface area contributed by atoms with E-state index in [1.165, 1.54) is 19.3 Å². The lowest BCUT2D eigenvalue weighted by atomic mass is 9.50. The van der Waals surface area contributed by atoms with E-state index >= 15 is 0 Å². The van der Waals surface area contributed by atoms with Crippen LogP contribution in [-0.2, 0) is 29.2 Å². The highest BCUT2D eigenvalue weighted by atomic mass is 32.2. The number of hydrogen-bond acceptors (Lipinski definition) is 6. The number of hydrogen-bond donors (Lipinski definition) is 1. The summed E-state index contributed by atoms with van der Waals surface area (Å²) in [5.41, 5.74) is 0.0282. The molecule has 1 N–H and O–H groups in total. The van der Waals surface area contributed by atoms with Gasteiger partial charge in [-0.3, -0.25) is 23.8 Å². The molecule has 4 bridgehead atoms. The van der Waals surface area contributed by atoms with Crippen molar-refractivity contribution < 1.29 is 32.1 Å². The molecule has 4 saturated carbocycles. The van der Waals surface area contributed by atoms with Crippen molar-refractivity contribution in [2.75, 3.05) is 13.2 Å². The van der Waals surface area contributed by atoms with Gasteiger partial charge < -0.3 is 4.74 Å². The number of ether oxygens (including phenoxy) is 1. The van der Waals surface area contributed by atoms with Gasteiger partial charge in [0.15, 0.2) is 5.25 Å².